The van der Waals surface area contributed by atoms with Crippen molar-refractivity contribution in [3.8, 4) is 11.3 Å². The number of aliphatic hydroxyl groups is 1. The number of hydrogen-bond donors (Lipinski definition) is 3. The minimum atomic E-state index is -5.07. The Morgan fingerprint density at radius 1 is 1.26 bits per heavy atom. The normalized spacial score (nSPS) is 14.5. The molecule has 0 saturated carbocycles. The van der Waals surface area contributed by atoms with E-state index in [1.165, 1.54) is 6.20 Å². The molecule has 0 aliphatic carbocycles. The lowest BCUT2D eigenvalue weighted by Gasteiger charge is -2.31. The zero-order valence-corrected chi connectivity index (χ0v) is 15.1. The van der Waals surface area contributed by atoms with Crippen molar-refractivity contribution in [3.05, 3.63) is 47.4 Å². The highest BCUT2D eigenvalue weighted by molar-refractivity contribution is 5.60. The van der Waals surface area contributed by atoms with Crippen LogP contribution in [0.1, 0.15) is 30.8 Å². The summed E-state index contributed by atoms with van der Waals surface area (Å²) in [6.07, 6.45) is -3.51. The molecule has 0 aromatic carbocycles. The number of alkyl halides is 3. The topological polar surface area (TPSA) is 101 Å². The molecule has 0 radical (unpaired) electrons. The smallest absolute Gasteiger partial charge is 0.374 e. The van der Waals surface area contributed by atoms with Gasteiger partial charge in [0.2, 0.25) is 12.0 Å². The van der Waals surface area contributed by atoms with E-state index in [0.717, 1.165) is 11.8 Å². The predicted octanol–water partition coefficient (Wildman–Crippen LogP) is 2.14. The van der Waals surface area contributed by atoms with Gasteiger partial charge in [0.05, 0.1) is 17.9 Å². The summed E-state index contributed by atoms with van der Waals surface area (Å²) in [5.74, 6) is 0. The number of hydrogen-bond acceptors (Lipinski definition) is 5. The summed E-state index contributed by atoms with van der Waals surface area (Å²) in [5, 5.41) is 12.3. The van der Waals surface area contributed by atoms with Gasteiger partial charge in [-0.2, -0.15) is 13.2 Å². The minimum absolute atomic E-state index is 0.0816. The molecule has 0 aliphatic heterocycles. The summed E-state index contributed by atoms with van der Waals surface area (Å²) in [5.41, 5.74) is 2.78. The number of rotatable bonds is 6. The summed E-state index contributed by atoms with van der Waals surface area (Å²) < 4.78 is 40.9. The first-order valence-electron chi connectivity index (χ1n) is 8.09. The van der Waals surface area contributed by atoms with Crippen molar-refractivity contribution < 1.29 is 23.1 Å². The largest absolute Gasteiger partial charge is 0.424 e. The van der Waals surface area contributed by atoms with E-state index in [4.69, 9.17) is 5.73 Å². The van der Waals surface area contributed by atoms with Crippen LogP contribution >= 0.6 is 0 Å². The summed E-state index contributed by atoms with van der Waals surface area (Å²) in [6, 6.07) is 6.02. The fourth-order valence-electron chi connectivity index (χ4n) is 2.41. The summed E-state index contributed by atoms with van der Waals surface area (Å²) in [4.78, 5) is 18.7. The lowest BCUT2D eigenvalue weighted by atomic mass is 9.89. The molecule has 2 aromatic rings. The van der Waals surface area contributed by atoms with Crippen LogP contribution in [-0.2, 0) is 15.9 Å². The number of nitrogens with one attached hydrogen (secondary N) is 1. The second-order valence-corrected chi connectivity index (χ2v) is 6.89. The molecule has 1 atom stereocenters. The Labute approximate surface area is 154 Å². The van der Waals surface area contributed by atoms with E-state index in [0.29, 0.717) is 11.1 Å². The fourth-order valence-corrected chi connectivity index (χ4v) is 2.41. The number of nitrogens with zero attached hydrogens (tertiary/aromatic N) is 2. The summed E-state index contributed by atoms with van der Waals surface area (Å²) >= 11 is 0. The predicted molar refractivity (Wildman–Crippen MR) is 93.4 cm³/mol. The van der Waals surface area contributed by atoms with Gasteiger partial charge in [-0.15, -0.1) is 0 Å². The van der Waals surface area contributed by atoms with E-state index in [2.05, 4.69) is 9.97 Å². The number of nitrogens with two attached hydrogens (primary N) is 1. The van der Waals surface area contributed by atoms with E-state index in [9.17, 15) is 23.1 Å². The van der Waals surface area contributed by atoms with E-state index in [-0.39, 0.29) is 12.1 Å². The van der Waals surface area contributed by atoms with Crippen molar-refractivity contribution in [2.45, 2.75) is 38.1 Å². The summed E-state index contributed by atoms with van der Waals surface area (Å²) in [6.45, 7) is 3.95. The Kier molecular flexibility index (Phi) is 5.58. The molecule has 2 aromatic heterocycles. The highest BCUT2D eigenvalue weighted by Crippen LogP contribution is 2.39. The maximum absolute atomic E-state index is 13.6. The average molecular weight is 382 g/mol. The Hall–Kier alpha value is -2.52. The van der Waals surface area contributed by atoms with Gasteiger partial charge in [0, 0.05) is 23.0 Å². The van der Waals surface area contributed by atoms with Crippen LogP contribution in [0.5, 0.6) is 0 Å². The lowest BCUT2D eigenvalue weighted by molar-refractivity contribution is -0.265. The van der Waals surface area contributed by atoms with Gasteiger partial charge in [-0.3, -0.25) is 9.78 Å². The maximum atomic E-state index is 13.6. The molecular formula is C18H21F3N4O2. The van der Waals surface area contributed by atoms with E-state index in [1.54, 1.807) is 39.0 Å². The SMILES string of the molecule is Cc1ccc(-c2cc(C(C)(C)N)cc(C(O)(CNC=O)C(F)(F)F)n2)cn1. The summed E-state index contributed by atoms with van der Waals surface area (Å²) in [7, 11) is 0. The van der Waals surface area contributed by atoms with Crippen molar-refractivity contribution in [2.75, 3.05) is 6.54 Å². The number of aryl methyl sites for hydroxylation is 1. The molecule has 9 heteroatoms. The molecule has 2 rings (SSSR count). The molecular weight excluding hydrogens is 361 g/mol. The lowest BCUT2D eigenvalue weighted by Crippen LogP contribution is -2.50. The van der Waals surface area contributed by atoms with Crippen molar-refractivity contribution in [3.63, 3.8) is 0 Å². The zero-order valence-electron chi connectivity index (χ0n) is 15.1. The third-order valence-electron chi connectivity index (χ3n) is 4.11. The molecule has 1 unspecified atom stereocenters. The Morgan fingerprint density at radius 2 is 1.93 bits per heavy atom. The first-order chi connectivity index (χ1) is 12.4. The molecule has 146 valence electrons. The molecule has 0 saturated heterocycles. The van der Waals surface area contributed by atoms with E-state index < -0.39 is 29.6 Å². The van der Waals surface area contributed by atoms with Crippen LogP contribution in [0.15, 0.2) is 30.5 Å². The Morgan fingerprint density at radius 3 is 2.41 bits per heavy atom. The number of pyridine rings is 2. The number of carbonyl (C=O) groups excluding carboxylic acids is 1. The van der Waals surface area contributed by atoms with Gasteiger partial charge in [0.15, 0.2) is 0 Å². The van der Waals surface area contributed by atoms with Gasteiger partial charge in [0.25, 0.3) is 0 Å². The first-order valence-corrected chi connectivity index (χ1v) is 8.09. The Balaban J connectivity index is 2.72. The highest BCUT2D eigenvalue weighted by atomic mass is 19.4. The van der Waals surface area contributed by atoms with Gasteiger partial charge in [-0.25, -0.2) is 4.98 Å². The van der Waals surface area contributed by atoms with Crippen LogP contribution in [0.25, 0.3) is 11.3 Å². The second-order valence-electron chi connectivity index (χ2n) is 6.89. The van der Waals surface area contributed by atoms with Crippen molar-refractivity contribution in [1.29, 1.82) is 0 Å². The van der Waals surface area contributed by atoms with Gasteiger partial charge in [-0.05, 0) is 50.6 Å². The van der Waals surface area contributed by atoms with Gasteiger partial charge < -0.3 is 16.2 Å². The molecule has 27 heavy (non-hydrogen) atoms. The standard InChI is InChI=1S/C18H21F3N4O2/c1-11-4-5-12(8-24-11)14-6-13(16(2,3)22)7-15(25-14)17(27,9-23-10-26)18(19,20)21/h4-8,10,27H,9,22H2,1-3H3,(H,23,26). The van der Waals surface area contributed by atoms with Crippen LogP contribution in [0.4, 0.5) is 13.2 Å². The van der Waals surface area contributed by atoms with Gasteiger partial charge >= 0.3 is 6.18 Å². The molecule has 6 nitrogen and oxygen atoms in total. The third kappa shape index (κ3) is 4.42. The Bertz CT molecular complexity index is 817. The quantitative estimate of drug-likeness (QED) is 0.665. The van der Waals surface area contributed by atoms with E-state index >= 15 is 0 Å². The minimum Gasteiger partial charge on any atom is -0.374 e. The van der Waals surface area contributed by atoms with Crippen LogP contribution in [-0.4, -0.2) is 34.2 Å². The molecule has 0 fully saturated rings. The van der Waals surface area contributed by atoms with Crippen molar-refractivity contribution in [1.82, 2.24) is 15.3 Å². The number of carbonyl (C=O) groups is 1. The van der Waals surface area contributed by atoms with Gasteiger partial charge in [0.1, 0.15) is 0 Å². The number of amides is 1. The molecule has 0 aliphatic rings. The average Bonchev–Trinajstić information content (AvgIpc) is 2.58. The zero-order chi connectivity index (χ0) is 20.5. The maximum Gasteiger partial charge on any atom is 0.424 e. The highest BCUT2D eigenvalue weighted by Gasteiger charge is 2.56. The van der Waals surface area contributed by atoms with Gasteiger partial charge in [-0.1, -0.05) is 0 Å². The second kappa shape index (κ2) is 7.24. The fraction of sp³-hybridized carbons (Fsp3) is 0.389. The number of aromatic nitrogens is 2. The molecule has 0 bridgehead atoms. The van der Waals surface area contributed by atoms with Crippen molar-refractivity contribution in [2.24, 2.45) is 5.73 Å². The third-order valence-corrected chi connectivity index (χ3v) is 4.11. The first kappa shape index (κ1) is 20.8. The molecule has 1 amide bonds. The van der Waals surface area contributed by atoms with Crippen LogP contribution < -0.4 is 11.1 Å². The molecule has 2 heterocycles. The van der Waals surface area contributed by atoms with Crippen LogP contribution in [0.2, 0.25) is 0 Å². The monoisotopic (exact) mass is 382 g/mol. The molecule has 0 spiro atoms. The van der Waals surface area contributed by atoms with Crippen LogP contribution in [0, 0.1) is 6.92 Å². The number of halogens is 3. The van der Waals surface area contributed by atoms with Crippen molar-refractivity contribution >= 4 is 6.41 Å². The molecule has 4 N–H and O–H groups in total. The van der Waals surface area contributed by atoms with E-state index in [1.807, 2.05) is 5.32 Å². The van der Waals surface area contributed by atoms with Crippen LogP contribution in [0.3, 0.4) is 0 Å².